The molecule has 1 fully saturated rings. The van der Waals surface area contributed by atoms with Gasteiger partial charge in [-0.15, -0.1) is 6.58 Å². The highest BCUT2D eigenvalue weighted by Crippen LogP contribution is 2.20. The minimum absolute atomic E-state index is 0.0544. The number of piperidine rings is 1. The summed E-state index contributed by atoms with van der Waals surface area (Å²) in [6.07, 6.45) is 2.82. The Hall–Kier alpha value is -1.77. The van der Waals surface area contributed by atoms with Crippen molar-refractivity contribution in [2.45, 2.75) is 46.1 Å². The number of aryl methyl sites for hydroxylation is 1. The molecule has 1 heterocycles. The quantitative estimate of drug-likeness (QED) is 0.834. The highest BCUT2D eigenvalue weighted by atomic mass is 16.2. The Bertz CT molecular complexity index is 530. The van der Waals surface area contributed by atoms with Crippen molar-refractivity contribution < 1.29 is 4.79 Å². The highest BCUT2D eigenvalue weighted by Gasteiger charge is 2.25. The van der Waals surface area contributed by atoms with E-state index < -0.39 is 0 Å². The van der Waals surface area contributed by atoms with Gasteiger partial charge in [-0.05, 0) is 50.8 Å². The first-order valence-electron chi connectivity index (χ1n) is 8.22. The van der Waals surface area contributed by atoms with Crippen molar-refractivity contribution in [3.05, 3.63) is 42.0 Å². The summed E-state index contributed by atoms with van der Waals surface area (Å²) in [6.45, 7) is 11.7. The third-order valence-electron chi connectivity index (χ3n) is 4.27. The van der Waals surface area contributed by atoms with Crippen LogP contribution in [0, 0.1) is 12.8 Å². The first-order chi connectivity index (χ1) is 10.5. The van der Waals surface area contributed by atoms with Crippen molar-refractivity contribution in [2.75, 3.05) is 18.4 Å². The van der Waals surface area contributed by atoms with E-state index in [1.165, 1.54) is 11.3 Å². The van der Waals surface area contributed by atoms with Gasteiger partial charge in [0.1, 0.15) is 0 Å². The zero-order valence-electron chi connectivity index (χ0n) is 14.1. The van der Waals surface area contributed by atoms with Crippen molar-refractivity contribution in [3.8, 4) is 0 Å². The van der Waals surface area contributed by atoms with Crippen LogP contribution in [0.5, 0.6) is 0 Å². The molecule has 1 atom stereocenters. The topological polar surface area (TPSA) is 32.3 Å². The van der Waals surface area contributed by atoms with Crippen LogP contribution in [0.2, 0.25) is 0 Å². The molecular weight excluding hydrogens is 272 g/mol. The van der Waals surface area contributed by atoms with E-state index in [1.807, 2.05) is 18.7 Å². The van der Waals surface area contributed by atoms with E-state index >= 15 is 0 Å². The molecule has 0 spiro atoms. The fraction of sp³-hybridized carbons (Fsp3) is 0.526. The summed E-state index contributed by atoms with van der Waals surface area (Å²) in [6, 6.07) is 8.93. The van der Waals surface area contributed by atoms with Gasteiger partial charge in [0.15, 0.2) is 0 Å². The lowest BCUT2D eigenvalue weighted by Crippen LogP contribution is -2.44. The molecule has 120 valence electrons. The molecule has 0 aromatic heterocycles. The first-order valence-corrected chi connectivity index (χ1v) is 8.22. The molecule has 1 aliphatic heterocycles. The molecule has 0 saturated carbocycles. The number of carbonyl (C=O) groups is 1. The molecule has 3 nitrogen and oxygen atoms in total. The number of hydrogen-bond acceptors (Lipinski definition) is 2. The number of nitrogens with one attached hydrogen (secondary N) is 1. The third-order valence-corrected chi connectivity index (χ3v) is 4.27. The number of benzene rings is 1. The van der Waals surface area contributed by atoms with Gasteiger partial charge in [-0.1, -0.05) is 24.6 Å². The number of amides is 1. The van der Waals surface area contributed by atoms with Gasteiger partial charge >= 0.3 is 0 Å². The number of carbonyl (C=O) groups excluding carboxylic acids is 1. The molecule has 1 N–H and O–H groups in total. The lowest BCUT2D eigenvalue weighted by Gasteiger charge is -2.34. The van der Waals surface area contributed by atoms with Crippen LogP contribution in [0.25, 0.3) is 0 Å². The molecule has 0 aliphatic carbocycles. The largest absolute Gasteiger partial charge is 0.382 e. The van der Waals surface area contributed by atoms with Gasteiger partial charge in [-0.3, -0.25) is 4.79 Å². The third kappa shape index (κ3) is 4.62. The van der Waals surface area contributed by atoms with Crippen LogP contribution in [0.1, 0.15) is 38.7 Å². The normalized spacial score (nSPS) is 17.1. The van der Waals surface area contributed by atoms with Gasteiger partial charge in [0, 0.05) is 30.7 Å². The van der Waals surface area contributed by atoms with E-state index in [0.29, 0.717) is 6.04 Å². The minimum atomic E-state index is 0.0544. The lowest BCUT2D eigenvalue weighted by molar-refractivity contribution is -0.135. The van der Waals surface area contributed by atoms with E-state index in [4.69, 9.17) is 0 Å². The van der Waals surface area contributed by atoms with Gasteiger partial charge in [0.25, 0.3) is 0 Å². The predicted molar refractivity (Wildman–Crippen MR) is 93.0 cm³/mol. The van der Waals surface area contributed by atoms with Gasteiger partial charge in [-0.25, -0.2) is 0 Å². The van der Waals surface area contributed by atoms with Crippen molar-refractivity contribution in [2.24, 2.45) is 5.92 Å². The Morgan fingerprint density at radius 2 is 2.09 bits per heavy atom. The van der Waals surface area contributed by atoms with E-state index in [1.54, 1.807) is 0 Å². The maximum Gasteiger partial charge on any atom is 0.225 e. The van der Waals surface area contributed by atoms with E-state index in [0.717, 1.165) is 37.9 Å². The second kappa shape index (κ2) is 7.48. The maximum atomic E-state index is 12.4. The zero-order valence-corrected chi connectivity index (χ0v) is 14.1. The Morgan fingerprint density at radius 1 is 1.41 bits per heavy atom. The summed E-state index contributed by atoms with van der Waals surface area (Å²) in [5.41, 5.74) is 3.53. The number of allylic oxidation sites excluding steroid dienone is 1. The van der Waals surface area contributed by atoms with E-state index in [9.17, 15) is 4.79 Å². The Balaban J connectivity index is 1.82. The minimum Gasteiger partial charge on any atom is -0.382 e. The zero-order chi connectivity index (χ0) is 16.1. The van der Waals surface area contributed by atoms with Crippen molar-refractivity contribution in [3.63, 3.8) is 0 Å². The molecule has 1 amide bonds. The molecule has 1 saturated heterocycles. The Morgan fingerprint density at radius 3 is 2.68 bits per heavy atom. The molecule has 1 aromatic rings. The number of nitrogens with zero attached hydrogens (tertiary/aromatic N) is 1. The molecule has 2 rings (SSSR count). The van der Waals surface area contributed by atoms with Crippen molar-refractivity contribution >= 4 is 11.6 Å². The Kier molecular flexibility index (Phi) is 5.64. The van der Waals surface area contributed by atoms with Crippen LogP contribution >= 0.6 is 0 Å². The van der Waals surface area contributed by atoms with Crippen LogP contribution < -0.4 is 5.32 Å². The number of anilines is 1. The molecule has 1 aromatic carbocycles. The number of likely N-dealkylation sites (tertiary alicyclic amines) is 1. The smallest absolute Gasteiger partial charge is 0.225 e. The van der Waals surface area contributed by atoms with Crippen molar-refractivity contribution in [1.82, 2.24) is 4.90 Å². The lowest BCUT2D eigenvalue weighted by atomic mass is 9.98. The molecule has 0 radical (unpaired) electrons. The summed E-state index contributed by atoms with van der Waals surface area (Å²) in [5, 5.41) is 3.59. The molecule has 3 heteroatoms. The SMILES string of the molecule is C=C(C)C[C@H](C)C(=O)N1CCC(Nc2cccc(C)c2)CC1. The van der Waals surface area contributed by atoms with Gasteiger partial charge in [-0.2, -0.15) is 0 Å². The molecule has 1 aliphatic rings. The average molecular weight is 300 g/mol. The monoisotopic (exact) mass is 300 g/mol. The standard InChI is InChI=1S/C19H28N2O/c1-14(2)12-16(4)19(22)21-10-8-17(9-11-21)20-18-7-5-6-15(3)13-18/h5-7,13,16-17,20H,1,8-12H2,2-4H3/t16-/m0/s1. The Labute approximate surface area is 134 Å². The molecule has 0 bridgehead atoms. The molecule has 22 heavy (non-hydrogen) atoms. The van der Waals surface area contributed by atoms with Gasteiger partial charge in [0.05, 0.1) is 0 Å². The van der Waals surface area contributed by atoms with Crippen LogP contribution in [0.4, 0.5) is 5.69 Å². The summed E-state index contributed by atoms with van der Waals surface area (Å²) < 4.78 is 0. The maximum absolute atomic E-state index is 12.4. The summed E-state index contributed by atoms with van der Waals surface area (Å²) in [5.74, 6) is 0.329. The van der Waals surface area contributed by atoms with Gasteiger partial charge in [0.2, 0.25) is 5.91 Å². The van der Waals surface area contributed by atoms with Crippen LogP contribution in [0.15, 0.2) is 36.4 Å². The van der Waals surface area contributed by atoms with Crippen molar-refractivity contribution in [1.29, 1.82) is 0 Å². The van der Waals surface area contributed by atoms with Crippen LogP contribution in [0.3, 0.4) is 0 Å². The van der Waals surface area contributed by atoms with Crippen LogP contribution in [-0.4, -0.2) is 29.9 Å². The van der Waals surface area contributed by atoms with E-state index in [-0.39, 0.29) is 11.8 Å². The summed E-state index contributed by atoms with van der Waals surface area (Å²) in [7, 11) is 0. The summed E-state index contributed by atoms with van der Waals surface area (Å²) >= 11 is 0. The number of hydrogen-bond donors (Lipinski definition) is 1. The fourth-order valence-electron chi connectivity index (χ4n) is 3.14. The average Bonchev–Trinajstić information content (AvgIpc) is 2.46. The highest BCUT2D eigenvalue weighted by molar-refractivity contribution is 5.78. The van der Waals surface area contributed by atoms with E-state index in [2.05, 4.69) is 43.1 Å². The second-order valence-electron chi connectivity index (χ2n) is 6.68. The number of rotatable bonds is 5. The summed E-state index contributed by atoms with van der Waals surface area (Å²) in [4.78, 5) is 14.4. The van der Waals surface area contributed by atoms with Crippen LogP contribution in [-0.2, 0) is 4.79 Å². The predicted octanol–water partition coefficient (Wildman–Crippen LogP) is 4.00. The molecule has 0 unspecified atom stereocenters. The fourth-order valence-corrected chi connectivity index (χ4v) is 3.14. The first kappa shape index (κ1) is 16.6. The molecular formula is C19H28N2O. The van der Waals surface area contributed by atoms with Gasteiger partial charge < -0.3 is 10.2 Å². The second-order valence-corrected chi connectivity index (χ2v) is 6.68.